The summed E-state index contributed by atoms with van der Waals surface area (Å²) in [6, 6.07) is 14.1. The van der Waals surface area contributed by atoms with Gasteiger partial charge in [-0.2, -0.15) is 4.98 Å². The summed E-state index contributed by atoms with van der Waals surface area (Å²) in [7, 11) is 1.62. The van der Waals surface area contributed by atoms with Gasteiger partial charge in [-0.05, 0) is 29.8 Å². The summed E-state index contributed by atoms with van der Waals surface area (Å²) in [5, 5.41) is 6.78. The van der Waals surface area contributed by atoms with Crippen LogP contribution < -0.4 is 10.1 Å². The first-order chi connectivity index (χ1) is 10.8. The first-order valence-corrected chi connectivity index (χ1v) is 6.71. The zero-order valence-electron chi connectivity index (χ0n) is 11.9. The van der Waals surface area contributed by atoms with Crippen molar-refractivity contribution in [1.82, 2.24) is 10.1 Å². The Labute approximate surface area is 126 Å². The molecule has 3 rings (SSSR count). The third kappa shape index (κ3) is 3.06. The number of halogens is 1. The van der Waals surface area contributed by atoms with Gasteiger partial charge in [0.2, 0.25) is 5.82 Å². The molecular weight excluding hydrogens is 285 g/mol. The van der Waals surface area contributed by atoms with Crippen LogP contribution in [0.4, 0.5) is 10.4 Å². The quantitative estimate of drug-likeness (QED) is 0.781. The lowest BCUT2D eigenvalue weighted by Crippen LogP contribution is -1.99. The van der Waals surface area contributed by atoms with Crippen LogP contribution in [0.15, 0.2) is 53.1 Å². The van der Waals surface area contributed by atoms with E-state index in [-0.39, 0.29) is 17.7 Å². The lowest BCUT2D eigenvalue weighted by Gasteiger charge is -2.03. The van der Waals surface area contributed by atoms with Crippen molar-refractivity contribution in [2.24, 2.45) is 0 Å². The van der Waals surface area contributed by atoms with Crippen LogP contribution in [0.25, 0.3) is 11.4 Å². The molecule has 0 saturated heterocycles. The summed E-state index contributed by atoms with van der Waals surface area (Å²) < 4.78 is 23.8. The van der Waals surface area contributed by atoms with Crippen molar-refractivity contribution < 1.29 is 13.7 Å². The van der Waals surface area contributed by atoms with E-state index in [1.165, 1.54) is 6.07 Å². The van der Waals surface area contributed by atoms with Gasteiger partial charge in [0.15, 0.2) is 0 Å². The molecule has 0 unspecified atom stereocenters. The van der Waals surface area contributed by atoms with E-state index in [4.69, 9.17) is 9.26 Å². The monoisotopic (exact) mass is 299 g/mol. The molecular formula is C16H14FN3O2. The second-order valence-electron chi connectivity index (χ2n) is 4.60. The topological polar surface area (TPSA) is 60.2 Å². The summed E-state index contributed by atoms with van der Waals surface area (Å²) in [5.41, 5.74) is 1.34. The zero-order valence-corrected chi connectivity index (χ0v) is 11.9. The van der Waals surface area contributed by atoms with Crippen LogP contribution in [0.2, 0.25) is 0 Å². The van der Waals surface area contributed by atoms with Crippen molar-refractivity contribution >= 4 is 6.01 Å². The maximum absolute atomic E-state index is 13.7. The smallest absolute Gasteiger partial charge is 0.322 e. The highest BCUT2D eigenvalue weighted by Gasteiger charge is 2.11. The van der Waals surface area contributed by atoms with E-state index in [2.05, 4.69) is 15.5 Å². The minimum absolute atomic E-state index is 0.218. The molecule has 1 aromatic heterocycles. The highest BCUT2D eigenvalue weighted by Crippen LogP contribution is 2.21. The van der Waals surface area contributed by atoms with E-state index < -0.39 is 0 Å². The van der Waals surface area contributed by atoms with Gasteiger partial charge >= 0.3 is 6.01 Å². The SMILES string of the molecule is COc1ccc(CNc2nc(-c3ccccc3F)no2)cc1. The molecule has 0 spiro atoms. The van der Waals surface area contributed by atoms with Crippen molar-refractivity contribution in [1.29, 1.82) is 0 Å². The molecule has 0 atom stereocenters. The van der Waals surface area contributed by atoms with Crippen LogP contribution in [-0.4, -0.2) is 17.3 Å². The fourth-order valence-electron chi connectivity index (χ4n) is 1.97. The molecule has 1 N–H and O–H groups in total. The molecule has 0 bridgehead atoms. The Morgan fingerprint density at radius 2 is 1.91 bits per heavy atom. The highest BCUT2D eigenvalue weighted by molar-refractivity contribution is 5.56. The Hall–Kier alpha value is -2.89. The van der Waals surface area contributed by atoms with Gasteiger partial charge in [-0.1, -0.05) is 29.4 Å². The van der Waals surface area contributed by atoms with Crippen LogP contribution in [0.3, 0.4) is 0 Å². The largest absolute Gasteiger partial charge is 0.497 e. The van der Waals surface area contributed by atoms with Gasteiger partial charge < -0.3 is 14.6 Å². The number of nitrogens with zero attached hydrogens (tertiary/aromatic N) is 2. The lowest BCUT2D eigenvalue weighted by atomic mass is 10.2. The summed E-state index contributed by atoms with van der Waals surface area (Å²) in [6.07, 6.45) is 0. The fraction of sp³-hybridized carbons (Fsp3) is 0.125. The molecule has 0 aliphatic rings. The fourth-order valence-corrected chi connectivity index (χ4v) is 1.97. The normalized spacial score (nSPS) is 10.5. The maximum Gasteiger partial charge on any atom is 0.322 e. The number of aromatic nitrogens is 2. The van der Waals surface area contributed by atoms with Crippen LogP contribution in [0.1, 0.15) is 5.56 Å². The second-order valence-corrected chi connectivity index (χ2v) is 4.60. The number of anilines is 1. The number of hydrogen-bond donors (Lipinski definition) is 1. The molecule has 1 heterocycles. The molecule has 6 heteroatoms. The van der Waals surface area contributed by atoms with Gasteiger partial charge in [-0.25, -0.2) is 4.39 Å². The predicted octanol–water partition coefficient (Wildman–Crippen LogP) is 3.50. The first-order valence-electron chi connectivity index (χ1n) is 6.71. The average molecular weight is 299 g/mol. The Morgan fingerprint density at radius 3 is 2.64 bits per heavy atom. The summed E-state index contributed by atoms with van der Waals surface area (Å²) in [5.74, 6) is 0.628. The standard InChI is InChI=1S/C16H14FN3O2/c1-21-12-8-6-11(7-9-12)10-18-16-19-15(20-22-16)13-4-2-3-5-14(13)17/h2-9H,10H2,1H3,(H,18,19,20). The van der Waals surface area contributed by atoms with E-state index in [1.807, 2.05) is 24.3 Å². The molecule has 0 saturated carbocycles. The van der Waals surface area contributed by atoms with Crippen molar-refractivity contribution in [2.75, 3.05) is 12.4 Å². The summed E-state index contributed by atoms with van der Waals surface area (Å²) in [4.78, 5) is 4.14. The minimum atomic E-state index is -0.384. The van der Waals surface area contributed by atoms with E-state index in [9.17, 15) is 4.39 Å². The van der Waals surface area contributed by atoms with Crippen LogP contribution in [0, 0.1) is 5.82 Å². The molecule has 0 radical (unpaired) electrons. The van der Waals surface area contributed by atoms with E-state index >= 15 is 0 Å². The van der Waals surface area contributed by atoms with E-state index in [0.29, 0.717) is 12.1 Å². The molecule has 3 aromatic rings. The number of hydrogen-bond acceptors (Lipinski definition) is 5. The van der Waals surface area contributed by atoms with Gasteiger partial charge in [-0.15, -0.1) is 0 Å². The van der Waals surface area contributed by atoms with Gasteiger partial charge in [-0.3, -0.25) is 0 Å². The van der Waals surface area contributed by atoms with Crippen molar-refractivity contribution in [3.05, 3.63) is 59.9 Å². The average Bonchev–Trinajstić information content (AvgIpc) is 3.02. The van der Waals surface area contributed by atoms with Crippen LogP contribution in [-0.2, 0) is 6.54 Å². The van der Waals surface area contributed by atoms with E-state index in [0.717, 1.165) is 11.3 Å². The first kappa shape index (κ1) is 14.1. The zero-order chi connectivity index (χ0) is 15.4. The van der Waals surface area contributed by atoms with Crippen molar-refractivity contribution in [3.8, 4) is 17.1 Å². The molecule has 0 amide bonds. The Balaban J connectivity index is 1.68. The maximum atomic E-state index is 13.7. The molecule has 0 aliphatic heterocycles. The van der Waals surface area contributed by atoms with Gasteiger partial charge in [0.25, 0.3) is 0 Å². The van der Waals surface area contributed by atoms with Gasteiger partial charge in [0.05, 0.1) is 12.7 Å². The highest BCUT2D eigenvalue weighted by atomic mass is 19.1. The number of nitrogens with one attached hydrogen (secondary N) is 1. The summed E-state index contributed by atoms with van der Waals surface area (Å²) >= 11 is 0. The molecule has 2 aromatic carbocycles. The van der Waals surface area contributed by atoms with Gasteiger partial charge in [0, 0.05) is 6.54 Å². The summed E-state index contributed by atoms with van der Waals surface area (Å²) in [6.45, 7) is 0.517. The Bertz CT molecular complexity index is 756. The van der Waals surface area contributed by atoms with Crippen molar-refractivity contribution in [2.45, 2.75) is 6.54 Å². The number of rotatable bonds is 5. The molecule has 112 valence electrons. The third-order valence-corrected chi connectivity index (χ3v) is 3.14. The number of ether oxygens (including phenoxy) is 1. The van der Waals surface area contributed by atoms with Crippen molar-refractivity contribution in [3.63, 3.8) is 0 Å². The second kappa shape index (κ2) is 6.26. The van der Waals surface area contributed by atoms with Crippen LogP contribution in [0.5, 0.6) is 5.75 Å². The Kier molecular flexibility index (Phi) is 4.00. The number of methoxy groups -OCH3 is 1. The van der Waals surface area contributed by atoms with E-state index in [1.54, 1.807) is 25.3 Å². The minimum Gasteiger partial charge on any atom is -0.497 e. The molecule has 0 fully saturated rings. The Morgan fingerprint density at radius 1 is 1.14 bits per heavy atom. The number of benzene rings is 2. The predicted molar refractivity (Wildman–Crippen MR) is 80.0 cm³/mol. The lowest BCUT2D eigenvalue weighted by molar-refractivity contribution is 0.414. The third-order valence-electron chi connectivity index (χ3n) is 3.14. The van der Waals surface area contributed by atoms with Crippen LogP contribution >= 0.6 is 0 Å². The molecule has 0 aliphatic carbocycles. The molecule has 22 heavy (non-hydrogen) atoms. The van der Waals surface area contributed by atoms with Gasteiger partial charge in [0.1, 0.15) is 11.6 Å². The molecule has 5 nitrogen and oxygen atoms in total.